The smallest absolute Gasteiger partial charge is 0.417 e. The van der Waals surface area contributed by atoms with Crippen molar-refractivity contribution in [3.63, 3.8) is 0 Å². The van der Waals surface area contributed by atoms with Gasteiger partial charge in [0.1, 0.15) is 16.7 Å². The van der Waals surface area contributed by atoms with Crippen LogP contribution in [0.1, 0.15) is 44.2 Å². The second-order valence-electron chi connectivity index (χ2n) is 6.58. The third-order valence-electron chi connectivity index (χ3n) is 3.85. The first-order valence-electron chi connectivity index (χ1n) is 8.72. The molecule has 1 unspecified atom stereocenters. The molecule has 1 aliphatic heterocycles. The van der Waals surface area contributed by atoms with Gasteiger partial charge in [0.05, 0.1) is 13.2 Å². The lowest BCUT2D eigenvalue weighted by molar-refractivity contribution is 0.137. The topological polar surface area (TPSA) is 97.3 Å². The largest absolute Gasteiger partial charge is 0.487 e. The molecule has 27 heavy (non-hydrogen) atoms. The number of nitrogens with zero attached hydrogens (tertiary/aromatic N) is 1. The average Bonchev–Trinajstić information content (AvgIpc) is 2.87. The van der Waals surface area contributed by atoms with Gasteiger partial charge in [0.15, 0.2) is 0 Å². The van der Waals surface area contributed by atoms with Crippen LogP contribution in [0.2, 0.25) is 0 Å². The van der Waals surface area contributed by atoms with E-state index in [-0.39, 0.29) is 18.8 Å². The summed E-state index contributed by atoms with van der Waals surface area (Å²) in [4.78, 5) is 11.4. The van der Waals surface area contributed by atoms with Crippen LogP contribution in [0.15, 0.2) is 18.2 Å². The number of para-hydroxylation sites is 1. The number of rotatable bonds is 9. The normalized spacial score (nSPS) is 16.7. The Hall–Kier alpha value is -1.25. The highest BCUT2D eigenvalue weighted by Crippen LogP contribution is 2.57. The Balaban J connectivity index is 2.34. The van der Waals surface area contributed by atoms with E-state index >= 15 is 0 Å². The number of carboxylic acid groups (broad SMARTS) is 1. The van der Waals surface area contributed by atoms with E-state index in [0.717, 1.165) is 23.9 Å². The van der Waals surface area contributed by atoms with E-state index in [1.165, 1.54) is 4.08 Å². The van der Waals surface area contributed by atoms with Crippen LogP contribution >= 0.6 is 19.7 Å². The zero-order chi connectivity index (χ0) is 20.2. The predicted molar refractivity (Wildman–Crippen MR) is 105 cm³/mol. The zero-order valence-electron chi connectivity index (χ0n) is 16.2. The molecule has 1 aliphatic rings. The van der Waals surface area contributed by atoms with Gasteiger partial charge in [-0.1, -0.05) is 18.2 Å². The number of carbonyl (C=O) groups is 1. The Kier molecular flexibility index (Phi) is 7.21. The van der Waals surface area contributed by atoms with Crippen molar-refractivity contribution in [1.82, 2.24) is 9.39 Å². The van der Waals surface area contributed by atoms with Crippen molar-refractivity contribution in [2.24, 2.45) is 0 Å². The van der Waals surface area contributed by atoms with E-state index in [0.29, 0.717) is 11.3 Å². The van der Waals surface area contributed by atoms with E-state index in [2.05, 4.69) is 5.32 Å². The molecule has 10 heteroatoms. The minimum Gasteiger partial charge on any atom is -0.487 e. The number of benzene rings is 1. The molecule has 1 aromatic rings. The highest BCUT2D eigenvalue weighted by Gasteiger charge is 2.37. The third-order valence-corrected chi connectivity index (χ3v) is 7.48. The van der Waals surface area contributed by atoms with Gasteiger partial charge in [0, 0.05) is 19.0 Å². The van der Waals surface area contributed by atoms with E-state index in [1.54, 1.807) is 27.0 Å². The second-order valence-corrected chi connectivity index (χ2v) is 10.1. The maximum Gasteiger partial charge on any atom is 0.417 e. The molecule has 0 fully saturated rings. The fraction of sp³-hybridized carbons (Fsp3) is 0.588. The quantitative estimate of drug-likeness (QED) is 0.345. The molecule has 2 rings (SSSR count). The Labute approximate surface area is 164 Å². The lowest BCUT2D eigenvalue weighted by atomic mass is 10.0. The minimum absolute atomic E-state index is 0.206. The van der Waals surface area contributed by atoms with Crippen molar-refractivity contribution in [2.45, 2.75) is 45.1 Å². The number of nitrogens with one attached hydrogen (secondary N) is 1. The molecule has 0 radical (unpaired) electrons. The van der Waals surface area contributed by atoms with Crippen LogP contribution in [0.5, 0.6) is 5.75 Å². The SMILES string of the molecule is CCOP(=O)(OCC)N(C)SC(NC(=O)O)c1cccc2c1OC(C)(C)C2. The first-order chi connectivity index (χ1) is 12.6. The van der Waals surface area contributed by atoms with E-state index < -0.39 is 19.2 Å². The molecule has 0 saturated carbocycles. The van der Waals surface area contributed by atoms with Gasteiger partial charge in [-0.3, -0.25) is 9.05 Å². The fourth-order valence-corrected chi connectivity index (χ4v) is 5.69. The summed E-state index contributed by atoms with van der Waals surface area (Å²) >= 11 is 1.03. The number of ether oxygens (including phenoxy) is 1. The summed E-state index contributed by atoms with van der Waals surface area (Å²) < 4.78 is 31.0. The first kappa shape index (κ1) is 22.0. The van der Waals surface area contributed by atoms with Gasteiger partial charge in [0.25, 0.3) is 0 Å². The van der Waals surface area contributed by atoms with Gasteiger partial charge in [-0.15, -0.1) is 0 Å². The standard InChI is InChI=1S/C17H27N2O6PS/c1-6-23-26(22,24-7-2)19(5)27-15(18-16(20)21)13-10-8-9-12-11-17(3,4)25-14(12)13/h8-10,15,18H,6-7,11H2,1-5H3,(H,20,21). The molecule has 0 saturated heterocycles. The van der Waals surface area contributed by atoms with E-state index in [9.17, 15) is 14.5 Å². The van der Waals surface area contributed by atoms with Gasteiger partial charge in [-0.05, 0) is 45.2 Å². The molecule has 1 heterocycles. The summed E-state index contributed by atoms with van der Waals surface area (Å²) in [5.41, 5.74) is 1.31. The summed E-state index contributed by atoms with van der Waals surface area (Å²) in [6.07, 6.45) is -0.467. The molecule has 0 aromatic heterocycles. The van der Waals surface area contributed by atoms with Gasteiger partial charge < -0.3 is 15.2 Å². The zero-order valence-corrected chi connectivity index (χ0v) is 17.9. The van der Waals surface area contributed by atoms with Gasteiger partial charge >= 0.3 is 13.8 Å². The van der Waals surface area contributed by atoms with Crippen molar-refractivity contribution in [1.29, 1.82) is 0 Å². The minimum atomic E-state index is -3.55. The van der Waals surface area contributed by atoms with Crippen molar-refractivity contribution < 1.29 is 28.3 Å². The van der Waals surface area contributed by atoms with Crippen LogP contribution in [0.25, 0.3) is 0 Å². The molecule has 1 atom stereocenters. The first-order valence-corrected chi connectivity index (χ1v) is 11.1. The van der Waals surface area contributed by atoms with Gasteiger partial charge in [-0.2, -0.15) is 4.08 Å². The monoisotopic (exact) mass is 418 g/mol. The number of fused-ring (bicyclic) bond motifs is 1. The van der Waals surface area contributed by atoms with Crippen LogP contribution in [-0.2, 0) is 20.0 Å². The molecule has 152 valence electrons. The van der Waals surface area contributed by atoms with Crippen molar-refractivity contribution in [3.8, 4) is 5.75 Å². The van der Waals surface area contributed by atoms with Crippen LogP contribution in [-0.4, -0.2) is 41.1 Å². The van der Waals surface area contributed by atoms with Crippen LogP contribution in [0.4, 0.5) is 4.79 Å². The molecule has 8 nitrogen and oxygen atoms in total. The lowest BCUT2D eigenvalue weighted by Gasteiger charge is -2.29. The van der Waals surface area contributed by atoms with Crippen molar-refractivity contribution in [3.05, 3.63) is 29.3 Å². The van der Waals surface area contributed by atoms with Crippen LogP contribution in [0.3, 0.4) is 0 Å². The third kappa shape index (κ3) is 5.39. The highest BCUT2D eigenvalue weighted by atomic mass is 32.2. The molecule has 0 bridgehead atoms. The maximum absolute atomic E-state index is 13.0. The lowest BCUT2D eigenvalue weighted by Crippen LogP contribution is -2.28. The molecule has 0 spiro atoms. The molecule has 0 aliphatic carbocycles. The van der Waals surface area contributed by atoms with Crippen molar-refractivity contribution >= 4 is 25.8 Å². The number of hydrogen-bond donors (Lipinski definition) is 2. The van der Waals surface area contributed by atoms with Crippen LogP contribution in [0, 0.1) is 0 Å². The molecular formula is C17H27N2O6PS. The molecule has 2 N–H and O–H groups in total. The van der Waals surface area contributed by atoms with E-state index in [1.807, 2.05) is 26.0 Å². The summed E-state index contributed by atoms with van der Waals surface area (Å²) in [5, 5.41) is 11.0. The maximum atomic E-state index is 13.0. The van der Waals surface area contributed by atoms with Crippen LogP contribution < -0.4 is 10.1 Å². The predicted octanol–water partition coefficient (Wildman–Crippen LogP) is 4.43. The summed E-state index contributed by atoms with van der Waals surface area (Å²) in [7, 11) is -1.99. The Morgan fingerprint density at radius 1 is 1.41 bits per heavy atom. The summed E-state index contributed by atoms with van der Waals surface area (Å²) in [6, 6.07) is 5.62. The fourth-order valence-electron chi connectivity index (χ4n) is 2.86. The molecule has 1 amide bonds. The number of hydrogen-bond acceptors (Lipinski definition) is 6. The average molecular weight is 418 g/mol. The molecule has 1 aromatic carbocycles. The van der Waals surface area contributed by atoms with Gasteiger partial charge in [-0.25, -0.2) is 9.36 Å². The second kappa shape index (κ2) is 8.84. The Morgan fingerprint density at radius 2 is 2.04 bits per heavy atom. The summed E-state index contributed by atoms with van der Waals surface area (Å²) in [5.74, 6) is 0.657. The van der Waals surface area contributed by atoms with E-state index in [4.69, 9.17) is 13.8 Å². The van der Waals surface area contributed by atoms with Gasteiger partial charge in [0.2, 0.25) is 0 Å². The Bertz CT molecular complexity index is 719. The summed E-state index contributed by atoms with van der Waals surface area (Å²) in [6.45, 7) is 7.81. The Morgan fingerprint density at radius 3 is 2.59 bits per heavy atom. The number of amides is 1. The molecular weight excluding hydrogens is 391 g/mol. The van der Waals surface area contributed by atoms with Crippen molar-refractivity contribution in [2.75, 3.05) is 20.3 Å². The highest BCUT2D eigenvalue weighted by molar-refractivity contribution is 8.01.